The van der Waals surface area contributed by atoms with Gasteiger partial charge >= 0.3 is 6.09 Å². The van der Waals surface area contributed by atoms with E-state index in [1.165, 1.54) is 0 Å². The number of ether oxygens (including phenoxy) is 4. The summed E-state index contributed by atoms with van der Waals surface area (Å²) in [6, 6.07) is 3.63. The normalized spacial score (nSPS) is 11.7. The number of halogens is 1. The van der Waals surface area contributed by atoms with Crippen LogP contribution in [0.25, 0.3) is 0 Å². The van der Waals surface area contributed by atoms with Crippen LogP contribution < -0.4 is 30.2 Å². The molecular weight excluding hydrogens is 515 g/mol. The van der Waals surface area contributed by atoms with Gasteiger partial charge in [0.15, 0.2) is 17.5 Å². The zero-order valence-electron chi connectivity index (χ0n) is 20.0. The first-order valence-electron chi connectivity index (χ1n) is 9.69. The van der Waals surface area contributed by atoms with E-state index in [0.717, 1.165) is 5.56 Å². The third-order valence-corrected chi connectivity index (χ3v) is 3.99. The molecule has 0 heterocycles. The summed E-state index contributed by atoms with van der Waals surface area (Å²) in [5.41, 5.74) is -0.228. The van der Waals surface area contributed by atoms with Gasteiger partial charge in [0, 0.05) is 31.8 Å². The van der Waals surface area contributed by atoms with Crippen LogP contribution in [0.1, 0.15) is 40.2 Å². The second-order valence-corrected chi connectivity index (χ2v) is 8.31. The van der Waals surface area contributed by atoms with Gasteiger partial charge in [-0.05, 0) is 40.7 Å². The van der Waals surface area contributed by atoms with Crippen molar-refractivity contribution in [3.05, 3.63) is 17.7 Å². The number of carbonyl (C=O) groups excluding carboxylic acids is 1. The number of rotatable bonds is 8. The van der Waals surface area contributed by atoms with E-state index in [1.54, 1.807) is 34.4 Å². The molecule has 1 amide bonds. The quantitative estimate of drug-likeness (QED) is 0.259. The Morgan fingerprint density at radius 1 is 0.935 bits per heavy atom. The molecule has 10 heteroatoms. The predicted octanol–water partition coefficient (Wildman–Crippen LogP) is 3.30. The minimum absolute atomic E-state index is 0. The van der Waals surface area contributed by atoms with Crippen molar-refractivity contribution in [3.8, 4) is 17.2 Å². The highest BCUT2D eigenvalue weighted by molar-refractivity contribution is 14.0. The van der Waals surface area contributed by atoms with Crippen molar-refractivity contribution in [1.29, 1.82) is 0 Å². The van der Waals surface area contributed by atoms with Crippen LogP contribution in [-0.2, 0) is 11.3 Å². The number of methoxy groups -OCH3 is 3. The molecular formula is C21H37IN4O5. The zero-order chi connectivity index (χ0) is 22.9. The molecule has 0 aromatic heterocycles. The highest BCUT2D eigenvalue weighted by Gasteiger charge is 2.24. The Hall–Kier alpha value is -2.11. The molecule has 0 saturated carbocycles. The fourth-order valence-corrected chi connectivity index (χ4v) is 2.56. The Bertz CT molecular complexity index is 748. The fraction of sp³-hybridized carbons (Fsp3) is 0.619. The summed E-state index contributed by atoms with van der Waals surface area (Å²) in [6.07, 6.45) is -0.465. The van der Waals surface area contributed by atoms with Crippen molar-refractivity contribution < 1.29 is 23.7 Å². The third kappa shape index (κ3) is 10.2. The first-order chi connectivity index (χ1) is 13.9. The Kier molecular flexibility index (Phi) is 11.8. The Morgan fingerprint density at radius 2 is 1.48 bits per heavy atom. The van der Waals surface area contributed by atoms with Crippen LogP contribution in [0.4, 0.5) is 4.79 Å². The number of amides is 1. The van der Waals surface area contributed by atoms with Crippen molar-refractivity contribution in [2.75, 3.05) is 34.9 Å². The molecule has 1 aromatic rings. The van der Waals surface area contributed by atoms with Crippen molar-refractivity contribution >= 4 is 36.0 Å². The number of nitrogens with one attached hydrogen (secondary N) is 3. The predicted molar refractivity (Wildman–Crippen MR) is 133 cm³/mol. The van der Waals surface area contributed by atoms with E-state index in [2.05, 4.69) is 20.9 Å². The summed E-state index contributed by atoms with van der Waals surface area (Å²) in [6.45, 7) is 10.2. The first kappa shape index (κ1) is 28.9. The zero-order valence-corrected chi connectivity index (χ0v) is 22.3. The molecule has 0 fully saturated rings. The Balaban J connectivity index is 0.00000900. The molecule has 3 N–H and O–H groups in total. The molecule has 0 unspecified atom stereocenters. The number of nitrogens with zero attached hydrogens (tertiary/aromatic N) is 1. The summed E-state index contributed by atoms with van der Waals surface area (Å²) in [7, 11) is 6.44. The number of benzene rings is 1. The number of carbonyl (C=O) groups is 1. The van der Waals surface area contributed by atoms with Gasteiger partial charge in [0.25, 0.3) is 0 Å². The van der Waals surface area contributed by atoms with E-state index in [1.807, 2.05) is 40.7 Å². The number of hydrogen-bond donors (Lipinski definition) is 3. The van der Waals surface area contributed by atoms with Gasteiger partial charge in [0.1, 0.15) is 11.4 Å². The highest BCUT2D eigenvalue weighted by Crippen LogP contribution is 2.34. The average molecular weight is 552 g/mol. The minimum Gasteiger partial charge on any atom is -0.496 e. The molecule has 31 heavy (non-hydrogen) atoms. The number of alkyl carbamates (subject to hydrolysis) is 1. The Labute approximate surface area is 202 Å². The van der Waals surface area contributed by atoms with E-state index in [-0.39, 0.29) is 24.0 Å². The van der Waals surface area contributed by atoms with Crippen LogP contribution in [0.3, 0.4) is 0 Å². The van der Waals surface area contributed by atoms with E-state index in [0.29, 0.717) is 36.3 Å². The molecule has 0 spiro atoms. The number of aliphatic imine (C=N–C) groups is 1. The maximum atomic E-state index is 12.0. The monoisotopic (exact) mass is 552 g/mol. The molecule has 0 saturated heterocycles. The summed E-state index contributed by atoms with van der Waals surface area (Å²) in [4.78, 5) is 16.3. The lowest BCUT2D eigenvalue weighted by Gasteiger charge is -2.29. The lowest BCUT2D eigenvalue weighted by molar-refractivity contribution is 0.0474. The smallest absolute Gasteiger partial charge is 0.408 e. The van der Waals surface area contributed by atoms with Crippen molar-refractivity contribution in [1.82, 2.24) is 16.0 Å². The van der Waals surface area contributed by atoms with Gasteiger partial charge in [-0.15, -0.1) is 24.0 Å². The maximum Gasteiger partial charge on any atom is 0.408 e. The molecule has 0 radical (unpaired) electrons. The van der Waals surface area contributed by atoms with Crippen LogP contribution in [-0.4, -0.2) is 58.1 Å². The molecule has 0 aliphatic carbocycles. The summed E-state index contributed by atoms with van der Waals surface area (Å²) >= 11 is 0. The van der Waals surface area contributed by atoms with Gasteiger partial charge in [-0.2, -0.15) is 0 Å². The van der Waals surface area contributed by atoms with Crippen LogP contribution >= 0.6 is 24.0 Å². The molecule has 178 valence electrons. The van der Waals surface area contributed by atoms with Crippen molar-refractivity contribution in [3.63, 3.8) is 0 Å². The SMILES string of the molecule is CN=C(NCc1cc(OC)c(OC)cc1OC)NCC(C)(C)NC(=O)OC(C)(C)C.I. The summed E-state index contributed by atoms with van der Waals surface area (Å²) < 4.78 is 21.5. The first-order valence-corrected chi connectivity index (χ1v) is 9.69. The fourth-order valence-electron chi connectivity index (χ4n) is 2.56. The standard InChI is InChI=1S/C21H36N4O5.HI/c1-20(2,3)30-19(26)25-21(4,5)13-24-18(22-6)23-12-14-10-16(28-8)17(29-9)11-15(14)27-7;/h10-11H,12-13H2,1-9H3,(H,25,26)(H2,22,23,24);1H. The van der Waals surface area contributed by atoms with E-state index in [9.17, 15) is 4.79 Å². The average Bonchev–Trinajstić information content (AvgIpc) is 2.65. The largest absolute Gasteiger partial charge is 0.496 e. The van der Waals surface area contributed by atoms with Gasteiger partial charge in [0.2, 0.25) is 0 Å². The van der Waals surface area contributed by atoms with Gasteiger partial charge in [-0.1, -0.05) is 0 Å². The molecule has 0 atom stereocenters. The lowest BCUT2D eigenvalue weighted by atomic mass is 10.1. The van der Waals surface area contributed by atoms with Crippen LogP contribution in [0, 0.1) is 0 Å². The second-order valence-electron chi connectivity index (χ2n) is 8.31. The van der Waals surface area contributed by atoms with E-state index in [4.69, 9.17) is 18.9 Å². The van der Waals surface area contributed by atoms with Crippen LogP contribution in [0.2, 0.25) is 0 Å². The molecule has 0 bridgehead atoms. The van der Waals surface area contributed by atoms with Gasteiger partial charge in [0.05, 0.1) is 26.9 Å². The van der Waals surface area contributed by atoms with Crippen molar-refractivity contribution in [2.24, 2.45) is 4.99 Å². The van der Waals surface area contributed by atoms with Crippen molar-refractivity contribution in [2.45, 2.75) is 52.3 Å². The minimum atomic E-state index is -0.555. The third-order valence-electron chi connectivity index (χ3n) is 3.99. The summed E-state index contributed by atoms with van der Waals surface area (Å²) in [5.74, 6) is 2.45. The van der Waals surface area contributed by atoms with E-state index >= 15 is 0 Å². The molecule has 0 aliphatic rings. The van der Waals surface area contributed by atoms with Gasteiger partial charge in [-0.25, -0.2) is 4.79 Å². The second kappa shape index (κ2) is 12.7. The van der Waals surface area contributed by atoms with Crippen LogP contribution in [0.5, 0.6) is 17.2 Å². The highest BCUT2D eigenvalue weighted by atomic mass is 127. The van der Waals surface area contributed by atoms with Gasteiger partial charge in [-0.3, -0.25) is 4.99 Å². The lowest BCUT2D eigenvalue weighted by Crippen LogP contribution is -2.54. The van der Waals surface area contributed by atoms with Gasteiger partial charge < -0.3 is 34.9 Å². The molecule has 1 aromatic carbocycles. The van der Waals surface area contributed by atoms with E-state index < -0.39 is 17.2 Å². The molecule has 9 nitrogen and oxygen atoms in total. The molecule has 1 rings (SSSR count). The topological polar surface area (TPSA) is 102 Å². The maximum absolute atomic E-state index is 12.0. The van der Waals surface area contributed by atoms with Crippen LogP contribution in [0.15, 0.2) is 17.1 Å². The summed E-state index contributed by atoms with van der Waals surface area (Å²) in [5, 5.41) is 9.30. The molecule has 0 aliphatic heterocycles. The Morgan fingerprint density at radius 3 is 1.97 bits per heavy atom. The number of guanidine groups is 1. The number of hydrogen-bond acceptors (Lipinski definition) is 6.